The number of hydrogen-bond donors (Lipinski definition) is 1. The molecule has 1 heterocycles. The summed E-state index contributed by atoms with van der Waals surface area (Å²) in [5.41, 5.74) is 0.191. The average Bonchev–Trinajstić information content (AvgIpc) is 2.85. The number of aromatic nitrogens is 1. The molecule has 1 aromatic heterocycles. The van der Waals surface area contributed by atoms with Crippen LogP contribution in [0.15, 0.2) is 41.3 Å². The molecular formula is C14H12ClN3O2. The highest BCUT2D eigenvalue weighted by molar-refractivity contribution is 6.30. The van der Waals surface area contributed by atoms with E-state index in [-0.39, 0.29) is 12.3 Å². The molecule has 6 heteroatoms. The normalized spacial score (nSPS) is 9.80. The van der Waals surface area contributed by atoms with E-state index in [0.717, 1.165) is 0 Å². The van der Waals surface area contributed by atoms with Gasteiger partial charge in [-0.3, -0.25) is 0 Å². The summed E-state index contributed by atoms with van der Waals surface area (Å²) in [5.74, 6) is 1.24. The SMILES string of the molecule is C=CCNc1oc(COc2cccc(Cl)c2)nc1C#N. The summed E-state index contributed by atoms with van der Waals surface area (Å²) < 4.78 is 10.9. The second-order valence-corrected chi connectivity index (χ2v) is 4.25. The topological polar surface area (TPSA) is 71.1 Å². The molecule has 1 aromatic carbocycles. The summed E-state index contributed by atoms with van der Waals surface area (Å²) in [7, 11) is 0. The molecule has 0 unspecified atom stereocenters. The van der Waals surface area contributed by atoms with E-state index in [1.807, 2.05) is 6.07 Å². The maximum Gasteiger partial charge on any atom is 0.236 e. The van der Waals surface area contributed by atoms with E-state index >= 15 is 0 Å². The average molecular weight is 290 g/mol. The summed E-state index contributed by atoms with van der Waals surface area (Å²) in [6.07, 6.45) is 1.66. The number of ether oxygens (including phenoxy) is 1. The summed E-state index contributed by atoms with van der Waals surface area (Å²) in [6.45, 7) is 4.18. The van der Waals surface area contributed by atoms with Crippen molar-refractivity contribution in [3.05, 3.63) is 53.5 Å². The molecule has 0 aliphatic heterocycles. The zero-order valence-electron chi connectivity index (χ0n) is 10.6. The van der Waals surface area contributed by atoms with E-state index in [1.165, 1.54) is 0 Å². The quantitative estimate of drug-likeness (QED) is 0.826. The third kappa shape index (κ3) is 3.53. The number of nitrogens with zero attached hydrogens (tertiary/aromatic N) is 2. The second kappa shape index (κ2) is 6.64. The van der Waals surface area contributed by atoms with Crippen LogP contribution in [-0.2, 0) is 6.61 Å². The van der Waals surface area contributed by atoms with E-state index in [2.05, 4.69) is 16.9 Å². The van der Waals surface area contributed by atoms with Crippen LogP contribution in [-0.4, -0.2) is 11.5 Å². The first kappa shape index (κ1) is 14.0. The Labute approximate surface area is 121 Å². The third-order valence-corrected chi connectivity index (χ3v) is 2.58. The van der Waals surface area contributed by atoms with E-state index in [9.17, 15) is 0 Å². The van der Waals surface area contributed by atoms with E-state index in [0.29, 0.717) is 29.1 Å². The fraction of sp³-hybridized carbons (Fsp3) is 0.143. The number of benzene rings is 1. The van der Waals surface area contributed by atoms with Crippen molar-refractivity contribution in [2.75, 3.05) is 11.9 Å². The molecular weight excluding hydrogens is 278 g/mol. The third-order valence-electron chi connectivity index (χ3n) is 2.34. The predicted octanol–water partition coefficient (Wildman–Crippen LogP) is 3.38. The molecule has 2 rings (SSSR count). The molecule has 0 atom stereocenters. The Balaban J connectivity index is 2.04. The molecule has 102 valence electrons. The molecule has 20 heavy (non-hydrogen) atoms. The first-order valence-corrected chi connectivity index (χ1v) is 6.23. The number of nitriles is 1. The zero-order chi connectivity index (χ0) is 14.4. The van der Waals surface area contributed by atoms with Gasteiger partial charge in [0.2, 0.25) is 17.5 Å². The van der Waals surface area contributed by atoms with Crippen molar-refractivity contribution in [3.8, 4) is 11.8 Å². The molecule has 0 aliphatic rings. The minimum absolute atomic E-state index is 0.116. The van der Waals surface area contributed by atoms with Crippen LogP contribution in [0, 0.1) is 11.3 Å². The van der Waals surface area contributed by atoms with Gasteiger partial charge in [0.25, 0.3) is 0 Å². The number of halogens is 1. The van der Waals surface area contributed by atoms with Crippen molar-refractivity contribution in [3.63, 3.8) is 0 Å². The lowest BCUT2D eigenvalue weighted by Gasteiger charge is -2.03. The monoisotopic (exact) mass is 289 g/mol. The fourth-order valence-electron chi connectivity index (χ4n) is 1.49. The molecule has 0 aliphatic carbocycles. The van der Waals surface area contributed by atoms with Gasteiger partial charge in [0.05, 0.1) is 0 Å². The molecule has 1 N–H and O–H groups in total. The highest BCUT2D eigenvalue weighted by atomic mass is 35.5. The van der Waals surface area contributed by atoms with Crippen LogP contribution in [0.4, 0.5) is 5.88 Å². The fourth-order valence-corrected chi connectivity index (χ4v) is 1.67. The Morgan fingerprint density at radius 1 is 1.55 bits per heavy atom. The zero-order valence-corrected chi connectivity index (χ0v) is 11.4. The first-order chi connectivity index (χ1) is 9.72. The number of nitrogens with one attached hydrogen (secondary N) is 1. The van der Waals surface area contributed by atoms with Crippen molar-refractivity contribution >= 4 is 17.5 Å². The van der Waals surface area contributed by atoms with Gasteiger partial charge in [-0.25, -0.2) is 0 Å². The Morgan fingerprint density at radius 2 is 2.40 bits per heavy atom. The highest BCUT2D eigenvalue weighted by Gasteiger charge is 2.12. The molecule has 0 fully saturated rings. The molecule has 2 aromatic rings. The molecule has 0 saturated heterocycles. The van der Waals surface area contributed by atoms with Crippen molar-refractivity contribution in [2.45, 2.75) is 6.61 Å². The molecule has 5 nitrogen and oxygen atoms in total. The van der Waals surface area contributed by atoms with Gasteiger partial charge in [-0.1, -0.05) is 23.7 Å². The number of oxazole rings is 1. The van der Waals surface area contributed by atoms with Crippen LogP contribution in [0.5, 0.6) is 5.75 Å². The minimum Gasteiger partial charge on any atom is -0.484 e. The van der Waals surface area contributed by atoms with Crippen molar-refractivity contribution in [2.24, 2.45) is 0 Å². The highest BCUT2D eigenvalue weighted by Crippen LogP contribution is 2.20. The maximum atomic E-state index is 8.96. The smallest absolute Gasteiger partial charge is 0.236 e. The van der Waals surface area contributed by atoms with E-state index in [4.69, 9.17) is 26.0 Å². The van der Waals surface area contributed by atoms with Gasteiger partial charge < -0.3 is 14.5 Å². The van der Waals surface area contributed by atoms with Gasteiger partial charge in [0, 0.05) is 11.6 Å². The summed E-state index contributed by atoms with van der Waals surface area (Å²) >= 11 is 5.85. The molecule has 0 amide bonds. The van der Waals surface area contributed by atoms with Gasteiger partial charge in [-0.2, -0.15) is 10.2 Å². The Morgan fingerprint density at radius 3 is 3.10 bits per heavy atom. The number of hydrogen-bond acceptors (Lipinski definition) is 5. The molecule has 0 radical (unpaired) electrons. The molecule has 0 bridgehead atoms. The van der Waals surface area contributed by atoms with Crippen LogP contribution < -0.4 is 10.1 Å². The lowest BCUT2D eigenvalue weighted by Crippen LogP contribution is -1.97. The minimum atomic E-state index is 0.116. The van der Waals surface area contributed by atoms with Crippen molar-refractivity contribution in [1.29, 1.82) is 5.26 Å². The van der Waals surface area contributed by atoms with Crippen molar-refractivity contribution < 1.29 is 9.15 Å². The predicted molar refractivity (Wildman–Crippen MR) is 75.7 cm³/mol. The van der Waals surface area contributed by atoms with Gasteiger partial charge in [0.15, 0.2) is 6.61 Å². The molecule has 0 spiro atoms. The van der Waals surface area contributed by atoms with Crippen LogP contribution >= 0.6 is 11.6 Å². The van der Waals surface area contributed by atoms with Crippen molar-refractivity contribution in [1.82, 2.24) is 4.98 Å². The second-order valence-electron chi connectivity index (χ2n) is 3.81. The Bertz CT molecular complexity index is 646. The first-order valence-electron chi connectivity index (χ1n) is 5.86. The van der Waals surface area contributed by atoms with Crippen LogP contribution in [0.1, 0.15) is 11.6 Å². The Hall–Kier alpha value is -2.45. The summed E-state index contributed by atoms with van der Waals surface area (Å²) in [5, 5.41) is 12.4. The largest absolute Gasteiger partial charge is 0.484 e. The lowest BCUT2D eigenvalue weighted by atomic mass is 10.3. The van der Waals surface area contributed by atoms with Crippen LogP contribution in [0.2, 0.25) is 5.02 Å². The Kier molecular flexibility index (Phi) is 4.64. The van der Waals surface area contributed by atoms with Gasteiger partial charge in [-0.15, -0.1) is 6.58 Å². The number of rotatable bonds is 6. The van der Waals surface area contributed by atoms with Gasteiger partial charge in [-0.05, 0) is 18.2 Å². The van der Waals surface area contributed by atoms with E-state index in [1.54, 1.807) is 30.3 Å². The van der Waals surface area contributed by atoms with Crippen LogP contribution in [0.3, 0.4) is 0 Å². The standard InChI is InChI=1S/C14H12ClN3O2/c1-2-6-17-14-12(8-16)18-13(20-14)9-19-11-5-3-4-10(15)7-11/h2-5,7,17H,1,6,9H2. The molecule has 0 saturated carbocycles. The van der Waals surface area contributed by atoms with Crippen LogP contribution in [0.25, 0.3) is 0 Å². The number of anilines is 1. The van der Waals surface area contributed by atoms with E-state index < -0.39 is 0 Å². The van der Waals surface area contributed by atoms with Gasteiger partial charge >= 0.3 is 0 Å². The van der Waals surface area contributed by atoms with Gasteiger partial charge in [0.1, 0.15) is 11.8 Å². The lowest BCUT2D eigenvalue weighted by molar-refractivity contribution is 0.265. The summed E-state index contributed by atoms with van der Waals surface area (Å²) in [4.78, 5) is 4.04. The maximum absolute atomic E-state index is 8.96. The summed E-state index contributed by atoms with van der Waals surface area (Å²) in [6, 6.07) is 8.95.